The highest BCUT2D eigenvalue weighted by Crippen LogP contribution is 2.32. The molecule has 144 valence electrons. The number of para-hydroxylation sites is 1. The van der Waals surface area contributed by atoms with Crippen molar-refractivity contribution in [1.82, 2.24) is 9.88 Å². The highest BCUT2D eigenvalue weighted by atomic mass is 32.2. The van der Waals surface area contributed by atoms with E-state index in [9.17, 15) is 9.59 Å². The Hall–Kier alpha value is -2.08. The minimum atomic E-state index is -0.257. The molecule has 0 spiro atoms. The molecule has 3 rings (SSSR count). The van der Waals surface area contributed by atoms with Crippen LogP contribution in [0.15, 0.2) is 35.4 Å². The zero-order chi connectivity index (χ0) is 19.6. The highest BCUT2D eigenvalue weighted by molar-refractivity contribution is 8.00. The summed E-state index contributed by atoms with van der Waals surface area (Å²) in [6, 6.07) is 10.1. The summed E-state index contributed by atoms with van der Waals surface area (Å²) in [7, 11) is 0. The molecule has 27 heavy (non-hydrogen) atoms. The Bertz CT molecular complexity index is 844. The van der Waals surface area contributed by atoms with Crippen LogP contribution in [0.4, 0.5) is 0 Å². The standard InChI is InChI=1S/C21H27N3O2S/c1-13(2)19(21(26)24-10-8-15(9-11-24)20(22)25)27-18-12-14(3)16-6-4-5-7-17(16)23-18/h4-7,12-13,15,19H,8-11H2,1-3H3,(H2,22,25)/t19-/m1/s1. The summed E-state index contributed by atoms with van der Waals surface area (Å²) in [5.41, 5.74) is 7.53. The second-order valence-electron chi connectivity index (χ2n) is 7.58. The molecule has 2 aromatic rings. The number of amides is 2. The minimum absolute atomic E-state index is 0.107. The first-order valence-electron chi connectivity index (χ1n) is 9.48. The van der Waals surface area contributed by atoms with Crippen LogP contribution in [0.2, 0.25) is 0 Å². The Morgan fingerprint density at radius 3 is 2.52 bits per heavy atom. The molecule has 5 nitrogen and oxygen atoms in total. The van der Waals surface area contributed by atoms with Gasteiger partial charge in [-0.1, -0.05) is 43.8 Å². The number of carbonyl (C=O) groups excluding carboxylic acids is 2. The Morgan fingerprint density at radius 1 is 1.22 bits per heavy atom. The number of pyridine rings is 1. The van der Waals surface area contributed by atoms with Crippen LogP contribution in [0, 0.1) is 18.8 Å². The van der Waals surface area contributed by atoms with Crippen LogP contribution >= 0.6 is 11.8 Å². The summed E-state index contributed by atoms with van der Waals surface area (Å²) >= 11 is 1.54. The van der Waals surface area contributed by atoms with E-state index in [-0.39, 0.29) is 28.9 Å². The lowest BCUT2D eigenvalue weighted by Crippen LogP contribution is -2.46. The second kappa shape index (κ2) is 8.30. The Kier molecular flexibility index (Phi) is 6.05. The fourth-order valence-corrected chi connectivity index (χ4v) is 4.72. The van der Waals surface area contributed by atoms with Gasteiger partial charge in [-0.3, -0.25) is 9.59 Å². The zero-order valence-corrected chi connectivity index (χ0v) is 17.0. The maximum Gasteiger partial charge on any atom is 0.236 e. The molecule has 1 aliphatic heterocycles. The number of aryl methyl sites for hydroxylation is 1. The monoisotopic (exact) mass is 385 g/mol. The fourth-order valence-electron chi connectivity index (χ4n) is 3.54. The van der Waals surface area contributed by atoms with Crippen molar-refractivity contribution in [3.63, 3.8) is 0 Å². The third-order valence-corrected chi connectivity index (χ3v) is 6.66. The van der Waals surface area contributed by atoms with Gasteiger partial charge >= 0.3 is 0 Å². The average molecular weight is 386 g/mol. The summed E-state index contributed by atoms with van der Waals surface area (Å²) in [6.45, 7) is 7.41. The number of piperidine rings is 1. The number of likely N-dealkylation sites (tertiary alicyclic amines) is 1. The van der Waals surface area contributed by atoms with Crippen LogP contribution in [-0.4, -0.2) is 40.0 Å². The number of nitrogens with two attached hydrogens (primary N) is 1. The number of rotatable bonds is 5. The van der Waals surface area contributed by atoms with Gasteiger partial charge in [-0.25, -0.2) is 4.98 Å². The van der Waals surface area contributed by atoms with Crippen LogP contribution in [0.5, 0.6) is 0 Å². The highest BCUT2D eigenvalue weighted by Gasteiger charge is 2.32. The van der Waals surface area contributed by atoms with Gasteiger partial charge in [0.05, 0.1) is 15.8 Å². The molecule has 0 aliphatic carbocycles. The summed E-state index contributed by atoms with van der Waals surface area (Å²) in [4.78, 5) is 31.1. The predicted molar refractivity (Wildman–Crippen MR) is 109 cm³/mol. The number of thioether (sulfide) groups is 1. The molecule has 0 radical (unpaired) electrons. The van der Waals surface area contributed by atoms with E-state index in [1.54, 1.807) is 11.8 Å². The number of hydrogen-bond donors (Lipinski definition) is 1. The van der Waals surface area contributed by atoms with Gasteiger partial charge in [-0.15, -0.1) is 0 Å². The van der Waals surface area contributed by atoms with E-state index in [4.69, 9.17) is 10.7 Å². The molecular formula is C21H27N3O2S. The van der Waals surface area contributed by atoms with Crippen molar-refractivity contribution in [2.45, 2.75) is 43.9 Å². The Balaban J connectivity index is 1.76. The van der Waals surface area contributed by atoms with Crippen molar-refractivity contribution in [1.29, 1.82) is 0 Å². The lowest BCUT2D eigenvalue weighted by Gasteiger charge is -2.34. The largest absolute Gasteiger partial charge is 0.369 e. The van der Waals surface area contributed by atoms with Gasteiger partial charge in [0, 0.05) is 24.4 Å². The summed E-state index contributed by atoms with van der Waals surface area (Å²) in [6.07, 6.45) is 1.31. The fraction of sp³-hybridized carbons (Fsp3) is 0.476. The smallest absolute Gasteiger partial charge is 0.236 e. The molecule has 1 aromatic heterocycles. The van der Waals surface area contributed by atoms with E-state index >= 15 is 0 Å². The van der Waals surface area contributed by atoms with Gasteiger partial charge < -0.3 is 10.6 Å². The van der Waals surface area contributed by atoms with Crippen molar-refractivity contribution in [3.05, 3.63) is 35.9 Å². The van der Waals surface area contributed by atoms with Gasteiger partial charge in [-0.05, 0) is 43.4 Å². The number of primary amides is 1. The lowest BCUT2D eigenvalue weighted by atomic mass is 9.95. The molecule has 6 heteroatoms. The van der Waals surface area contributed by atoms with Gasteiger partial charge in [0.25, 0.3) is 0 Å². The minimum Gasteiger partial charge on any atom is -0.369 e. The molecule has 1 aliphatic rings. The molecule has 2 amide bonds. The number of fused-ring (bicyclic) bond motifs is 1. The molecule has 2 heterocycles. The van der Waals surface area contributed by atoms with Crippen LogP contribution in [0.25, 0.3) is 10.9 Å². The normalized spacial score (nSPS) is 16.7. The molecular weight excluding hydrogens is 358 g/mol. The first-order chi connectivity index (χ1) is 12.9. The SMILES string of the molecule is Cc1cc(S[C@@H](C(=O)N2CCC(C(N)=O)CC2)C(C)C)nc2ccccc12. The van der Waals surface area contributed by atoms with Crippen molar-refractivity contribution >= 4 is 34.5 Å². The van der Waals surface area contributed by atoms with Gasteiger partial charge in [0.2, 0.25) is 11.8 Å². The van der Waals surface area contributed by atoms with Crippen molar-refractivity contribution < 1.29 is 9.59 Å². The number of hydrogen-bond acceptors (Lipinski definition) is 4. The number of benzene rings is 1. The van der Waals surface area contributed by atoms with Crippen molar-refractivity contribution in [3.8, 4) is 0 Å². The number of carbonyl (C=O) groups is 2. The topological polar surface area (TPSA) is 76.3 Å². The molecule has 1 aromatic carbocycles. The van der Waals surface area contributed by atoms with Crippen LogP contribution in [-0.2, 0) is 9.59 Å². The number of nitrogens with zero attached hydrogens (tertiary/aromatic N) is 2. The third kappa shape index (κ3) is 4.43. The van der Waals surface area contributed by atoms with E-state index in [0.717, 1.165) is 15.9 Å². The van der Waals surface area contributed by atoms with E-state index in [2.05, 4.69) is 32.9 Å². The summed E-state index contributed by atoms with van der Waals surface area (Å²) in [5.74, 6) is -0.0489. The summed E-state index contributed by atoms with van der Waals surface area (Å²) < 4.78 is 0. The van der Waals surface area contributed by atoms with E-state index in [1.165, 1.54) is 5.56 Å². The van der Waals surface area contributed by atoms with E-state index < -0.39 is 0 Å². The Labute approximate surface area is 164 Å². The zero-order valence-electron chi connectivity index (χ0n) is 16.1. The summed E-state index contributed by atoms with van der Waals surface area (Å²) in [5, 5.41) is 1.83. The van der Waals surface area contributed by atoms with Crippen LogP contribution in [0.3, 0.4) is 0 Å². The second-order valence-corrected chi connectivity index (χ2v) is 8.74. The molecule has 1 fully saturated rings. The first-order valence-corrected chi connectivity index (χ1v) is 10.4. The average Bonchev–Trinajstić information content (AvgIpc) is 2.65. The molecule has 0 saturated carbocycles. The van der Waals surface area contributed by atoms with E-state index in [1.807, 2.05) is 23.1 Å². The third-order valence-electron chi connectivity index (χ3n) is 5.21. The molecule has 0 bridgehead atoms. The quantitative estimate of drug-likeness (QED) is 0.801. The molecule has 0 unspecified atom stereocenters. The predicted octanol–water partition coefficient (Wildman–Crippen LogP) is 3.38. The van der Waals surface area contributed by atoms with Gasteiger partial charge in [0.1, 0.15) is 0 Å². The van der Waals surface area contributed by atoms with Gasteiger partial charge in [-0.2, -0.15) is 0 Å². The van der Waals surface area contributed by atoms with E-state index in [0.29, 0.717) is 25.9 Å². The first kappa shape index (κ1) is 19.7. The maximum atomic E-state index is 13.1. The van der Waals surface area contributed by atoms with Crippen LogP contribution in [0.1, 0.15) is 32.3 Å². The number of aromatic nitrogens is 1. The van der Waals surface area contributed by atoms with Gasteiger partial charge in [0.15, 0.2) is 0 Å². The maximum absolute atomic E-state index is 13.1. The molecule has 1 atom stereocenters. The Morgan fingerprint density at radius 2 is 1.89 bits per heavy atom. The van der Waals surface area contributed by atoms with Crippen LogP contribution < -0.4 is 5.73 Å². The lowest BCUT2D eigenvalue weighted by molar-refractivity contribution is -0.135. The molecule has 1 saturated heterocycles. The molecule has 2 N–H and O–H groups in total. The van der Waals surface area contributed by atoms with Crippen molar-refractivity contribution in [2.24, 2.45) is 17.6 Å². The van der Waals surface area contributed by atoms with Crippen molar-refractivity contribution in [2.75, 3.05) is 13.1 Å².